The Morgan fingerprint density at radius 3 is 1.59 bits per heavy atom. The first-order chi connectivity index (χ1) is 13.3. The van der Waals surface area contributed by atoms with Crippen LogP contribution in [-0.4, -0.2) is 12.6 Å². The van der Waals surface area contributed by atoms with Crippen molar-refractivity contribution < 1.29 is 9.53 Å². The molecular weight excluding hydrogens is 332 g/mol. The van der Waals surface area contributed by atoms with Crippen molar-refractivity contribution in [3.8, 4) is 0 Å². The highest BCUT2D eigenvalue weighted by atomic mass is 16.5. The number of esters is 1. The Morgan fingerprint density at radius 1 is 0.593 bits per heavy atom. The quantitative estimate of drug-likeness (QED) is 0.113. The lowest BCUT2D eigenvalue weighted by atomic mass is 10.1. The monoisotopic (exact) mass is 380 g/mol. The molecule has 0 aliphatic heterocycles. The van der Waals surface area contributed by atoms with E-state index in [-0.39, 0.29) is 5.97 Å². The number of hydrogen-bond acceptors (Lipinski definition) is 2. The van der Waals surface area contributed by atoms with Crippen molar-refractivity contribution >= 4 is 5.97 Å². The van der Waals surface area contributed by atoms with Crippen LogP contribution in [0.3, 0.4) is 0 Å². The molecule has 0 aromatic heterocycles. The van der Waals surface area contributed by atoms with Crippen LogP contribution in [-0.2, 0) is 9.53 Å². The summed E-state index contributed by atoms with van der Waals surface area (Å²) in [6.45, 7) is 5.11. The van der Waals surface area contributed by atoms with Crippen LogP contribution in [0.5, 0.6) is 0 Å². The summed E-state index contributed by atoms with van der Waals surface area (Å²) in [7, 11) is 0. The molecule has 27 heavy (non-hydrogen) atoms. The third kappa shape index (κ3) is 23.2. The number of carbonyl (C=O) groups excluding carboxylic acids is 1. The SMILES string of the molecule is CCCCCCCCC=CCCCCCCCC(=O)OCCCCCCC. The van der Waals surface area contributed by atoms with Crippen molar-refractivity contribution in [1.29, 1.82) is 0 Å². The molecule has 0 bridgehead atoms. The topological polar surface area (TPSA) is 26.3 Å². The highest BCUT2D eigenvalue weighted by Crippen LogP contribution is 2.10. The molecule has 0 radical (unpaired) electrons. The van der Waals surface area contributed by atoms with E-state index in [4.69, 9.17) is 4.74 Å². The highest BCUT2D eigenvalue weighted by molar-refractivity contribution is 5.69. The summed E-state index contributed by atoms with van der Waals surface area (Å²) in [6.07, 6.45) is 28.1. The van der Waals surface area contributed by atoms with Crippen molar-refractivity contribution in [2.45, 2.75) is 136 Å². The Kier molecular flexibility index (Phi) is 22.6. The van der Waals surface area contributed by atoms with Gasteiger partial charge in [0.1, 0.15) is 0 Å². The molecule has 0 heterocycles. The molecule has 0 spiro atoms. The van der Waals surface area contributed by atoms with Gasteiger partial charge >= 0.3 is 5.97 Å². The Balaban J connectivity index is 3.19. The standard InChI is InChI=1S/C25H48O2/c1-3-5-7-9-10-11-12-13-14-15-16-17-18-19-21-23-25(26)27-24-22-20-8-6-4-2/h13-14H,3-12,15-24H2,1-2H3. The molecule has 0 atom stereocenters. The molecule has 0 saturated carbocycles. The smallest absolute Gasteiger partial charge is 0.305 e. The fourth-order valence-electron chi connectivity index (χ4n) is 3.30. The molecule has 0 aliphatic carbocycles. The molecule has 0 amide bonds. The first-order valence-electron chi connectivity index (χ1n) is 12.1. The van der Waals surface area contributed by atoms with Crippen molar-refractivity contribution in [3.05, 3.63) is 12.2 Å². The van der Waals surface area contributed by atoms with Crippen molar-refractivity contribution in [1.82, 2.24) is 0 Å². The van der Waals surface area contributed by atoms with E-state index < -0.39 is 0 Å². The Morgan fingerprint density at radius 2 is 1.04 bits per heavy atom. The lowest BCUT2D eigenvalue weighted by Crippen LogP contribution is -2.05. The molecule has 0 saturated heterocycles. The molecule has 2 nitrogen and oxygen atoms in total. The summed E-state index contributed by atoms with van der Waals surface area (Å²) < 4.78 is 5.29. The zero-order chi connectivity index (χ0) is 19.8. The van der Waals surface area contributed by atoms with E-state index in [1.54, 1.807) is 0 Å². The zero-order valence-corrected chi connectivity index (χ0v) is 18.6. The second-order valence-corrected chi connectivity index (χ2v) is 7.97. The first-order valence-corrected chi connectivity index (χ1v) is 12.1. The van der Waals surface area contributed by atoms with Crippen LogP contribution in [0.15, 0.2) is 12.2 Å². The van der Waals surface area contributed by atoms with E-state index in [1.165, 1.54) is 96.3 Å². The second-order valence-electron chi connectivity index (χ2n) is 7.97. The summed E-state index contributed by atoms with van der Waals surface area (Å²) >= 11 is 0. The Bertz CT molecular complexity index is 322. The van der Waals surface area contributed by atoms with E-state index in [0.29, 0.717) is 13.0 Å². The van der Waals surface area contributed by atoms with Crippen LogP contribution in [0.1, 0.15) is 136 Å². The molecule has 2 heteroatoms. The fraction of sp³-hybridized carbons (Fsp3) is 0.880. The van der Waals surface area contributed by atoms with Gasteiger partial charge in [-0.05, 0) is 38.5 Å². The van der Waals surface area contributed by atoms with Crippen LogP contribution in [0.4, 0.5) is 0 Å². The molecule has 160 valence electrons. The molecule has 0 aliphatic rings. The minimum Gasteiger partial charge on any atom is -0.466 e. The maximum atomic E-state index is 11.6. The number of hydrogen-bond donors (Lipinski definition) is 0. The van der Waals surface area contributed by atoms with Gasteiger partial charge in [0, 0.05) is 6.42 Å². The van der Waals surface area contributed by atoms with Crippen LogP contribution in [0.25, 0.3) is 0 Å². The van der Waals surface area contributed by atoms with Gasteiger partial charge in [-0.2, -0.15) is 0 Å². The van der Waals surface area contributed by atoms with Crippen molar-refractivity contribution in [2.24, 2.45) is 0 Å². The first kappa shape index (κ1) is 26.2. The lowest BCUT2D eigenvalue weighted by molar-refractivity contribution is -0.143. The zero-order valence-electron chi connectivity index (χ0n) is 18.6. The van der Waals surface area contributed by atoms with E-state index >= 15 is 0 Å². The maximum Gasteiger partial charge on any atom is 0.305 e. The van der Waals surface area contributed by atoms with Gasteiger partial charge in [0.2, 0.25) is 0 Å². The van der Waals surface area contributed by atoms with Crippen LogP contribution in [0, 0.1) is 0 Å². The minimum atomic E-state index is 0.00289. The molecule has 0 fully saturated rings. The summed E-state index contributed by atoms with van der Waals surface area (Å²) in [4.78, 5) is 11.6. The number of carbonyl (C=O) groups is 1. The maximum absolute atomic E-state index is 11.6. The van der Waals surface area contributed by atoms with Crippen LogP contribution < -0.4 is 0 Å². The van der Waals surface area contributed by atoms with Crippen LogP contribution >= 0.6 is 0 Å². The summed E-state index contributed by atoms with van der Waals surface area (Å²) in [5, 5.41) is 0. The van der Waals surface area contributed by atoms with Gasteiger partial charge in [0.15, 0.2) is 0 Å². The van der Waals surface area contributed by atoms with Gasteiger partial charge in [-0.3, -0.25) is 4.79 Å². The normalized spacial score (nSPS) is 11.3. The minimum absolute atomic E-state index is 0.00289. The average Bonchev–Trinajstić information content (AvgIpc) is 2.67. The summed E-state index contributed by atoms with van der Waals surface area (Å²) in [5.74, 6) is 0.00289. The molecule has 0 rings (SSSR count). The third-order valence-corrected chi connectivity index (χ3v) is 5.15. The van der Waals surface area contributed by atoms with Gasteiger partial charge in [-0.1, -0.05) is 103 Å². The molecule has 0 unspecified atom stereocenters. The van der Waals surface area contributed by atoms with Gasteiger partial charge in [-0.15, -0.1) is 0 Å². The predicted molar refractivity (Wildman–Crippen MR) is 119 cm³/mol. The fourth-order valence-corrected chi connectivity index (χ4v) is 3.30. The lowest BCUT2D eigenvalue weighted by Gasteiger charge is -2.05. The third-order valence-electron chi connectivity index (χ3n) is 5.15. The Hall–Kier alpha value is -0.790. The predicted octanol–water partition coefficient (Wildman–Crippen LogP) is 8.54. The number of allylic oxidation sites excluding steroid dienone is 2. The van der Waals surface area contributed by atoms with E-state index in [2.05, 4.69) is 26.0 Å². The van der Waals surface area contributed by atoms with E-state index in [1.807, 2.05) is 0 Å². The van der Waals surface area contributed by atoms with Gasteiger partial charge in [-0.25, -0.2) is 0 Å². The van der Waals surface area contributed by atoms with Crippen molar-refractivity contribution in [3.63, 3.8) is 0 Å². The average molecular weight is 381 g/mol. The molecule has 0 aromatic carbocycles. The van der Waals surface area contributed by atoms with E-state index in [9.17, 15) is 4.79 Å². The van der Waals surface area contributed by atoms with Gasteiger partial charge < -0.3 is 4.74 Å². The molecule has 0 N–H and O–H groups in total. The van der Waals surface area contributed by atoms with Crippen LogP contribution in [0.2, 0.25) is 0 Å². The molecular formula is C25H48O2. The van der Waals surface area contributed by atoms with Gasteiger partial charge in [0.25, 0.3) is 0 Å². The highest BCUT2D eigenvalue weighted by Gasteiger charge is 2.02. The summed E-state index contributed by atoms with van der Waals surface area (Å²) in [5.41, 5.74) is 0. The Labute approximate surface area is 170 Å². The number of ether oxygens (including phenoxy) is 1. The van der Waals surface area contributed by atoms with E-state index in [0.717, 1.165) is 19.3 Å². The largest absolute Gasteiger partial charge is 0.466 e. The van der Waals surface area contributed by atoms with Crippen molar-refractivity contribution in [2.75, 3.05) is 6.61 Å². The number of unbranched alkanes of at least 4 members (excludes halogenated alkanes) is 15. The summed E-state index contributed by atoms with van der Waals surface area (Å²) in [6, 6.07) is 0. The van der Waals surface area contributed by atoms with Gasteiger partial charge in [0.05, 0.1) is 6.61 Å². The second kappa shape index (κ2) is 23.2. The molecule has 0 aromatic rings. The number of rotatable bonds is 21.